The van der Waals surface area contributed by atoms with Crippen molar-refractivity contribution in [2.45, 2.75) is 26.3 Å². The third kappa shape index (κ3) is 3.62. The van der Waals surface area contributed by atoms with Gasteiger partial charge in [-0.25, -0.2) is 0 Å². The molecule has 3 aliphatic heterocycles. The maximum atomic E-state index is 13.6. The Balaban J connectivity index is 1.50. The van der Waals surface area contributed by atoms with E-state index >= 15 is 0 Å². The number of rotatable bonds is 5. The monoisotopic (exact) mass is 434 g/mol. The van der Waals surface area contributed by atoms with Crippen LogP contribution in [0.5, 0.6) is 11.5 Å². The molecule has 2 amide bonds. The van der Waals surface area contributed by atoms with Crippen molar-refractivity contribution >= 4 is 17.4 Å². The highest BCUT2D eigenvalue weighted by molar-refractivity contribution is 6.35. The van der Waals surface area contributed by atoms with Gasteiger partial charge in [0.25, 0.3) is 11.8 Å². The second-order valence-corrected chi connectivity index (χ2v) is 8.61. The van der Waals surface area contributed by atoms with Gasteiger partial charge in [-0.3, -0.25) is 14.5 Å². The van der Waals surface area contributed by atoms with Gasteiger partial charge in [0.15, 0.2) is 11.5 Å². The van der Waals surface area contributed by atoms with Gasteiger partial charge in [0.1, 0.15) is 5.70 Å². The SMILES string of the molecule is Cc1ccc(C2=C(N3CCCC(CO)C3)C(=O)N(Cc3ccc4c(c3)OCO4)C2=O)cc1. The van der Waals surface area contributed by atoms with Gasteiger partial charge < -0.3 is 19.5 Å². The molecule has 0 bridgehead atoms. The third-order valence-electron chi connectivity index (χ3n) is 6.35. The standard InChI is InChI=1S/C25H26N2O5/c1-16-4-7-19(8-5-16)22-23(26-10-2-3-18(12-26)14-28)25(30)27(24(22)29)13-17-6-9-20-21(11-17)32-15-31-20/h4-9,11,18,28H,2-3,10,12-15H2,1H3. The van der Waals surface area contributed by atoms with E-state index in [0.29, 0.717) is 35.9 Å². The average molecular weight is 434 g/mol. The Labute approximate surface area is 186 Å². The molecule has 0 spiro atoms. The van der Waals surface area contributed by atoms with Crippen LogP contribution in [0.1, 0.15) is 29.5 Å². The van der Waals surface area contributed by atoms with Gasteiger partial charge in [-0.05, 0) is 48.9 Å². The fourth-order valence-corrected chi connectivity index (χ4v) is 4.62. The number of carbonyl (C=O) groups excluding carboxylic acids is 2. The van der Waals surface area contributed by atoms with Crippen LogP contribution in [-0.2, 0) is 16.1 Å². The minimum Gasteiger partial charge on any atom is -0.454 e. The Bertz CT molecular complexity index is 1090. The minimum absolute atomic E-state index is 0.0761. The Morgan fingerprint density at radius 3 is 2.59 bits per heavy atom. The molecule has 1 fully saturated rings. The maximum absolute atomic E-state index is 13.6. The molecule has 2 aromatic carbocycles. The predicted molar refractivity (Wildman–Crippen MR) is 118 cm³/mol. The number of fused-ring (bicyclic) bond motifs is 1. The van der Waals surface area contributed by atoms with Crippen LogP contribution in [0.3, 0.4) is 0 Å². The van der Waals surface area contributed by atoms with E-state index in [1.807, 2.05) is 48.2 Å². The van der Waals surface area contributed by atoms with Crippen molar-refractivity contribution in [1.29, 1.82) is 0 Å². The summed E-state index contributed by atoms with van der Waals surface area (Å²) in [7, 11) is 0. The summed E-state index contributed by atoms with van der Waals surface area (Å²) >= 11 is 0. The molecule has 32 heavy (non-hydrogen) atoms. The summed E-state index contributed by atoms with van der Waals surface area (Å²) in [4.78, 5) is 30.4. The van der Waals surface area contributed by atoms with Gasteiger partial charge in [0, 0.05) is 19.7 Å². The molecule has 3 aliphatic rings. The van der Waals surface area contributed by atoms with Gasteiger partial charge >= 0.3 is 0 Å². The number of nitrogens with zero attached hydrogens (tertiary/aromatic N) is 2. The summed E-state index contributed by atoms with van der Waals surface area (Å²) in [5.74, 6) is 0.798. The second kappa shape index (κ2) is 8.31. The predicted octanol–water partition coefficient (Wildman–Crippen LogP) is 2.71. The Morgan fingerprint density at radius 1 is 1.03 bits per heavy atom. The highest BCUT2D eigenvalue weighted by Crippen LogP contribution is 2.37. The number of aliphatic hydroxyl groups excluding tert-OH is 1. The van der Waals surface area contributed by atoms with Crippen LogP contribution in [-0.4, -0.2) is 53.2 Å². The normalized spacial score (nSPS) is 20.5. The van der Waals surface area contributed by atoms with E-state index in [2.05, 4.69) is 0 Å². The van der Waals surface area contributed by atoms with Crippen molar-refractivity contribution in [3.05, 3.63) is 64.9 Å². The van der Waals surface area contributed by atoms with Crippen LogP contribution in [0.4, 0.5) is 0 Å². The molecule has 1 unspecified atom stereocenters. The molecule has 7 heteroatoms. The van der Waals surface area contributed by atoms with Crippen molar-refractivity contribution < 1.29 is 24.2 Å². The van der Waals surface area contributed by atoms with Crippen LogP contribution in [0.25, 0.3) is 5.57 Å². The average Bonchev–Trinajstić information content (AvgIpc) is 3.37. The van der Waals surface area contributed by atoms with Gasteiger partial charge in [0.05, 0.1) is 12.1 Å². The van der Waals surface area contributed by atoms with Crippen LogP contribution in [0, 0.1) is 12.8 Å². The number of aliphatic hydroxyl groups is 1. The second-order valence-electron chi connectivity index (χ2n) is 8.61. The number of ether oxygens (including phenoxy) is 2. The van der Waals surface area contributed by atoms with Gasteiger partial charge in [-0.15, -0.1) is 0 Å². The number of likely N-dealkylation sites (tertiary alicyclic amines) is 1. The Morgan fingerprint density at radius 2 is 1.81 bits per heavy atom. The summed E-state index contributed by atoms with van der Waals surface area (Å²) in [6, 6.07) is 13.2. The maximum Gasteiger partial charge on any atom is 0.278 e. The molecule has 1 saturated heterocycles. The number of hydrogen-bond acceptors (Lipinski definition) is 6. The van der Waals surface area contributed by atoms with Crippen molar-refractivity contribution in [3.8, 4) is 11.5 Å². The lowest BCUT2D eigenvalue weighted by Crippen LogP contribution is -2.40. The molecule has 7 nitrogen and oxygen atoms in total. The van der Waals surface area contributed by atoms with Crippen LogP contribution < -0.4 is 9.47 Å². The van der Waals surface area contributed by atoms with Crippen LogP contribution in [0.2, 0.25) is 0 Å². The zero-order chi connectivity index (χ0) is 22.2. The molecular weight excluding hydrogens is 408 g/mol. The van der Waals surface area contributed by atoms with E-state index in [0.717, 1.165) is 29.5 Å². The molecule has 0 aliphatic carbocycles. The zero-order valence-electron chi connectivity index (χ0n) is 18.0. The van der Waals surface area contributed by atoms with E-state index in [1.54, 1.807) is 6.07 Å². The molecule has 2 aromatic rings. The number of carbonyl (C=O) groups is 2. The summed E-state index contributed by atoms with van der Waals surface area (Å²) < 4.78 is 10.8. The van der Waals surface area contributed by atoms with Crippen molar-refractivity contribution in [1.82, 2.24) is 9.80 Å². The van der Waals surface area contributed by atoms with Crippen LogP contribution >= 0.6 is 0 Å². The molecule has 3 heterocycles. The number of amides is 2. The van der Waals surface area contributed by atoms with Crippen molar-refractivity contribution in [2.24, 2.45) is 5.92 Å². The van der Waals surface area contributed by atoms with Gasteiger partial charge in [-0.2, -0.15) is 0 Å². The summed E-state index contributed by atoms with van der Waals surface area (Å²) in [5, 5.41) is 9.68. The van der Waals surface area contributed by atoms with Gasteiger partial charge in [-0.1, -0.05) is 35.9 Å². The smallest absolute Gasteiger partial charge is 0.278 e. The lowest BCUT2D eigenvalue weighted by atomic mass is 9.96. The first-order chi connectivity index (χ1) is 15.5. The summed E-state index contributed by atoms with van der Waals surface area (Å²) in [6.07, 6.45) is 1.79. The van der Waals surface area contributed by atoms with E-state index < -0.39 is 0 Å². The quantitative estimate of drug-likeness (QED) is 0.729. The molecule has 1 N–H and O–H groups in total. The summed E-state index contributed by atoms with van der Waals surface area (Å²) in [6.45, 7) is 3.65. The minimum atomic E-state index is -0.294. The fraction of sp³-hybridized carbons (Fsp3) is 0.360. The lowest BCUT2D eigenvalue weighted by Gasteiger charge is -2.34. The number of imide groups is 1. The number of benzene rings is 2. The first-order valence-corrected chi connectivity index (χ1v) is 11.0. The van der Waals surface area contributed by atoms with E-state index in [9.17, 15) is 14.7 Å². The summed E-state index contributed by atoms with van der Waals surface area (Å²) in [5.41, 5.74) is 3.51. The topological polar surface area (TPSA) is 79.3 Å². The molecule has 1 atom stereocenters. The van der Waals surface area contributed by atoms with E-state index in [4.69, 9.17) is 9.47 Å². The molecule has 5 rings (SSSR count). The molecule has 0 saturated carbocycles. The highest BCUT2D eigenvalue weighted by atomic mass is 16.7. The first-order valence-electron chi connectivity index (χ1n) is 11.0. The fourth-order valence-electron chi connectivity index (χ4n) is 4.62. The largest absolute Gasteiger partial charge is 0.454 e. The highest BCUT2D eigenvalue weighted by Gasteiger charge is 2.42. The Kier molecular flexibility index (Phi) is 5.35. The molecule has 0 aromatic heterocycles. The van der Waals surface area contributed by atoms with Crippen molar-refractivity contribution in [2.75, 3.05) is 26.5 Å². The van der Waals surface area contributed by atoms with E-state index in [-0.39, 0.29) is 37.7 Å². The van der Waals surface area contributed by atoms with Crippen molar-refractivity contribution in [3.63, 3.8) is 0 Å². The zero-order valence-corrected chi connectivity index (χ0v) is 18.0. The number of aryl methyl sites for hydroxylation is 1. The molecule has 166 valence electrons. The lowest BCUT2D eigenvalue weighted by molar-refractivity contribution is -0.138. The van der Waals surface area contributed by atoms with Gasteiger partial charge in [0.2, 0.25) is 6.79 Å². The molecular formula is C25H26N2O5. The third-order valence-corrected chi connectivity index (χ3v) is 6.35. The van der Waals surface area contributed by atoms with Crippen LogP contribution in [0.15, 0.2) is 48.2 Å². The number of hydrogen-bond donors (Lipinski definition) is 1. The Hall–Kier alpha value is -3.32. The number of piperidine rings is 1. The first kappa shape index (κ1) is 20.6. The van der Waals surface area contributed by atoms with E-state index in [1.165, 1.54) is 4.90 Å². The molecule has 0 radical (unpaired) electrons.